The molecule has 3 atom stereocenters. The van der Waals surface area contributed by atoms with E-state index < -0.39 is 0 Å². The summed E-state index contributed by atoms with van der Waals surface area (Å²) in [6.07, 6.45) is 8.41. The van der Waals surface area contributed by atoms with Gasteiger partial charge in [0.1, 0.15) is 0 Å². The van der Waals surface area contributed by atoms with Crippen molar-refractivity contribution in [1.82, 2.24) is 5.32 Å². The van der Waals surface area contributed by atoms with Gasteiger partial charge in [0.15, 0.2) is 0 Å². The van der Waals surface area contributed by atoms with E-state index in [4.69, 9.17) is 10.5 Å². The molecule has 3 rings (SSSR count). The number of amides is 1. The fourth-order valence-electron chi connectivity index (χ4n) is 4.57. The van der Waals surface area contributed by atoms with Crippen molar-refractivity contribution in [1.29, 1.82) is 0 Å². The van der Waals surface area contributed by atoms with Gasteiger partial charge in [-0.2, -0.15) is 0 Å². The third-order valence-electron chi connectivity index (χ3n) is 6.01. The van der Waals surface area contributed by atoms with E-state index in [0.29, 0.717) is 19.8 Å². The molecule has 21 heavy (non-hydrogen) atoms. The van der Waals surface area contributed by atoms with Crippen LogP contribution in [0.3, 0.4) is 0 Å². The molecule has 0 aromatic carbocycles. The van der Waals surface area contributed by atoms with E-state index in [-0.39, 0.29) is 23.7 Å². The van der Waals surface area contributed by atoms with Crippen molar-refractivity contribution in [2.45, 2.75) is 44.9 Å². The van der Waals surface area contributed by atoms with Gasteiger partial charge in [0, 0.05) is 26.3 Å². The van der Waals surface area contributed by atoms with Crippen LogP contribution in [0.4, 0.5) is 0 Å². The molecular weight excluding hydrogens is 288 g/mol. The molecule has 3 unspecified atom stereocenters. The number of carbonyl (C=O) groups is 1. The molecule has 3 aliphatic rings. The van der Waals surface area contributed by atoms with E-state index >= 15 is 0 Å². The van der Waals surface area contributed by atoms with Gasteiger partial charge in [-0.15, -0.1) is 12.4 Å². The van der Waals surface area contributed by atoms with Crippen LogP contribution in [0, 0.1) is 23.2 Å². The molecule has 3 fully saturated rings. The number of hydrogen-bond acceptors (Lipinski definition) is 3. The molecule has 1 heterocycles. The lowest BCUT2D eigenvalue weighted by atomic mass is 9.79. The monoisotopic (exact) mass is 316 g/mol. The zero-order valence-electron chi connectivity index (χ0n) is 12.8. The number of nitrogens with one attached hydrogen (secondary N) is 1. The second-order valence-corrected chi connectivity index (χ2v) is 7.08. The fourth-order valence-corrected chi connectivity index (χ4v) is 4.57. The van der Waals surface area contributed by atoms with E-state index in [2.05, 4.69) is 5.32 Å². The summed E-state index contributed by atoms with van der Waals surface area (Å²) in [5, 5.41) is 3.16. The molecule has 0 radical (unpaired) electrons. The van der Waals surface area contributed by atoms with E-state index in [1.54, 1.807) is 0 Å². The van der Waals surface area contributed by atoms with Gasteiger partial charge >= 0.3 is 0 Å². The van der Waals surface area contributed by atoms with Crippen LogP contribution in [0.25, 0.3) is 0 Å². The number of ether oxygens (including phenoxy) is 1. The Labute approximate surface area is 134 Å². The molecule has 122 valence electrons. The quantitative estimate of drug-likeness (QED) is 0.816. The van der Waals surface area contributed by atoms with Crippen LogP contribution in [0.5, 0.6) is 0 Å². The molecule has 4 nitrogen and oxygen atoms in total. The van der Waals surface area contributed by atoms with Gasteiger partial charge in [0.25, 0.3) is 0 Å². The Hall–Kier alpha value is -0.320. The molecule has 2 aliphatic carbocycles. The number of fused-ring (bicyclic) bond motifs is 2. The first kappa shape index (κ1) is 17.0. The summed E-state index contributed by atoms with van der Waals surface area (Å²) in [6.45, 7) is 2.60. The average molecular weight is 317 g/mol. The van der Waals surface area contributed by atoms with Crippen molar-refractivity contribution in [3.63, 3.8) is 0 Å². The molecular formula is C16H29ClN2O2. The predicted octanol–water partition coefficient (Wildman–Crippen LogP) is 2.11. The first-order valence-corrected chi connectivity index (χ1v) is 8.30. The van der Waals surface area contributed by atoms with Crippen LogP contribution in [0.15, 0.2) is 0 Å². The normalized spacial score (nSPS) is 33.5. The first-order chi connectivity index (χ1) is 9.73. The number of halogens is 1. The van der Waals surface area contributed by atoms with Crippen LogP contribution in [-0.2, 0) is 9.53 Å². The third-order valence-corrected chi connectivity index (χ3v) is 6.01. The topological polar surface area (TPSA) is 64.4 Å². The average Bonchev–Trinajstić information content (AvgIpc) is 3.10. The van der Waals surface area contributed by atoms with Gasteiger partial charge in [0.05, 0.1) is 5.41 Å². The number of nitrogens with two attached hydrogens (primary N) is 1. The van der Waals surface area contributed by atoms with Crippen molar-refractivity contribution >= 4 is 18.3 Å². The molecule has 3 N–H and O–H groups in total. The van der Waals surface area contributed by atoms with Crippen molar-refractivity contribution in [3.8, 4) is 0 Å². The maximum absolute atomic E-state index is 12.4. The SMILES string of the molecule is Cl.NCC1(C(=O)NCCC2CC3CCC2C3)CCOCC1. The molecule has 1 saturated heterocycles. The standard InChI is InChI=1S/C16H28N2O2.ClH/c17-11-16(4-7-20-8-5-16)15(19)18-6-3-14-10-12-1-2-13(14)9-12;/h12-14H,1-11,17H2,(H,18,19);1H. The Balaban J connectivity index is 0.00000161. The Morgan fingerprint density at radius 1 is 1.24 bits per heavy atom. The fraction of sp³-hybridized carbons (Fsp3) is 0.938. The molecule has 0 aromatic rings. The smallest absolute Gasteiger partial charge is 0.227 e. The maximum atomic E-state index is 12.4. The Kier molecular flexibility index (Phi) is 5.92. The summed E-state index contributed by atoms with van der Waals surface area (Å²) in [7, 11) is 0. The molecule has 1 aliphatic heterocycles. The summed E-state index contributed by atoms with van der Waals surface area (Å²) in [4.78, 5) is 12.4. The summed E-state index contributed by atoms with van der Waals surface area (Å²) < 4.78 is 5.36. The van der Waals surface area contributed by atoms with E-state index in [0.717, 1.165) is 43.6 Å². The third kappa shape index (κ3) is 3.54. The van der Waals surface area contributed by atoms with E-state index in [1.807, 2.05) is 0 Å². The highest BCUT2D eigenvalue weighted by molar-refractivity contribution is 5.85. The van der Waals surface area contributed by atoms with Crippen molar-refractivity contribution < 1.29 is 9.53 Å². The highest BCUT2D eigenvalue weighted by atomic mass is 35.5. The van der Waals surface area contributed by atoms with Gasteiger partial charge < -0.3 is 15.8 Å². The minimum Gasteiger partial charge on any atom is -0.381 e. The Morgan fingerprint density at radius 2 is 2.00 bits per heavy atom. The second kappa shape index (κ2) is 7.30. The zero-order chi connectivity index (χ0) is 14.0. The first-order valence-electron chi connectivity index (χ1n) is 8.30. The highest BCUT2D eigenvalue weighted by Gasteiger charge is 2.40. The van der Waals surface area contributed by atoms with Gasteiger partial charge in [-0.05, 0) is 56.3 Å². The van der Waals surface area contributed by atoms with Crippen molar-refractivity contribution in [2.24, 2.45) is 28.9 Å². The lowest BCUT2D eigenvalue weighted by Crippen LogP contribution is -2.49. The molecule has 0 aromatic heterocycles. The lowest BCUT2D eigenvalue weighted by molar-refractivity contribution is -0.135. The number of hydrogen-bond donors (Lipinski definition) is 2. The Morgan fingerprint density at radius 3 is 2.57 bits per heavy atom. The minimum absolute atomic E-state index is 0. The van der Waals surface area contributed by atoms with Gasteiger partial charge in [-0.1, -0.05) is 6.42 Å². The number of rotatable bonds is 5. The van der Waals surface area contributed by atoms with Crippen molar-refractivity contribution in [2.75, 3.05) is 26.3 Å². The zero-order valence-corrected chi connectivity index (χ0v) is 13.6. The van der Waals surface area contributed by atoms with Crippen LogP contribution in [-0.4, -0.2) is 32.2 Å². The molecule has 2 saturated carbocycles. The second-order valence-electron chi connectivity index (χ2n) is 7.08. The van der Waals surface area contributed by atoms with Gasteiger partial charge in [-0.25, -0.2) is 0 Å². The van der Waals surface area contributed by atoms with E-state index in [9.17, 15) is 4.79 Å². The van der Waals surface area contributed by atoms with Gasteiger partial charge in [0.2, 0.25) is 5.91 Å². The van der Waals surface area contributed by atoms with Gasteiger partial charge in [-0.3, -0.25) is 4.79 Å². The molecule has 5 heteroatoms. The highest BCUT2D eigenvalue weighted by Crippen LogP contribution is 2.49. The largest absolute Gasteiger partial charge is 0.381 e. The maximum Gasteiger partial charge on any atom is 0.227 e. The van der Waals surface area contributed by atoms with E-state index in [1.165, 1.54) is 25.7 Å². The predicted molar refractivity (Wildman–Crippen MR) is 85.4 cm³/mol. The molecule has 2 bridgehead atoms. The van der Waals surface area contributed by atoms with Crippen LogP contribution < -0.4 is 11.1 Å². The van der Waals surface area contributed by atoms with Crippen LogP contribution >= 0.6 is 12.4 Å². The summed E-state index contributed by atoms with van der Waals surface area (Å²) in [6, 6.07) is 0. The summed E-state index contributed by atoms with van der Waals surface area (Å²) in [5.74, 6) is 2.96. The molecule has 1 amide bonds. The van der Waals surface area contributed by atoms with Crippen LogP contribution in [0.1, 0.15) is 44.9 Å². The minimum atomic E-state index is -0.368. The molecule has 0 spiro atoms. The number of carbonyl (C=O) groups excluding carboxylic acids is 1. The van der Waals surface area contributed by atoms with Crippen molar-refractivity contribution in [3.05, 3.63) is 0 Å². The lowest BCUT2D eigenvalue weighted by Gasteiger charge is -2.34. The van der Waals surface area contributed by atoms with Crippen LogP contribution in [0.2, 0.25) is 0 Å². The summed E-state index contributed by atoms with van der Waals surface area (Å²) >= 11 is 0. The summed E-state index contributed by atoms with van der Waals surface area (Å²) in [5.41, 5.74) is 5.50. The Bertz CT molecular complexity index is 358.